The number of rotatable bonds is 1. The highest BCUT2D eigenvalue weighted by atomic mass is 32.2. The van der Waals surface area contributed by atoms with Gasteiger partial charge in [-0.05, 0) is 38.5 Å². The van der Waals surface area contributed by atoms with Crippen LogP contribution in [0.3, 0.4) is 0 Å². The average Bonchev–Trinajstić information content (AvgIpc) is 3.04. The number of halogens is 1. The monoisotopic (exact) mass is 416 g/mol. The van der Waals surface area contributed by atoms with Gasteiger partial charge in [0.15, 0.2) is 0 Å². The highest BCUT2D eigenvalue weighted by Crippen LogP contribution is 2.35. The number of aliphatic hydroxyl groups excluding tert-OH is 1. The fourth-order valence-electron chi connectivity index (χ4n) is 3.19. The first kappa shape index (κ1) is 20.7. The van der Waals surface area contributed by atoms with E-state index in [0.29, 0.717) is 11.1 Å². The predicted octanol–water partition coefficient (Wildman–Crippen LogP) is 3.29. The van der Waals surface area contributed by atoms with Gasteiger partial charge in [0.05, 0.1) is 6.04 Å². The van der Waals surface area contributed by atoms with Gasteiger partial charge in [-0.1, -0.05) is 35.9 Å². The van der Waals surface area contributed by atoms with Gasteiger partial charge in [-0.2, -0.15) is 12.8 Å². The van der Waals surface area contributed by atoms with Crippen molar-refractivity contribution in [3.63, 3.8) is 0 Å². The fourth-order valence-corrected chi connectivity index (χ4v) is 4.63. The first-order valence-electron chi connectivity index (χ1n) is 8.92. The fraction of sp³-hybridized carbons (Fsp3) is 0.238. The van der Waals surface area contributed by atoms with Crippen LogP contribution in [-0.4, -0.2) is 43.1 Å². The van der Waals surface area contributed by atoms with Crippen molar-refractivity contribution in [1.82, 2.24) is 4.90 Å². The van der Waals surface area contributed by atoms with E-state index in [4.69, 9.17) is 0 Å². The van der Waals surface area contributed by atoms with Gasteiger partial charge < -0.3 is 10.0 Å². The van der Waals surface area contributed by atoms with Gasteiger partial charge in [0, 0.05) is 12.6 Å². The van der Waals surface area contributed by atoms with E-state index in [1.54, 1.807) is 51.2 Å². The van der Waals surface area contributed by atoms with Crippen molar-refractivity contribution in [3.8, 4) is 0 Å². The van der Waals surface area contributed by atoms with E-state index in [-0.39, 0.29) is 27.8 Å². The summed E-state index contributed by atoms with van der Waals surface area (Å²) in [5.41, 5.74) is 2.03. The van der Waals surface area contributed by atoms with Crippen molar-refractivity contribution < 1.29 is 22.7 Å². The molecule has 4 rings (SSSR count). The Labute approximate surface area is 169 Å². The molecule has 1 N–H and O–H groups in total. The van der Waals surface area contributed by atoms with Crippen LogP contribution in [0.15, 0.2) is 63.1 Å². The largest absolute Gasteiger partial charge is 0.509 e. The van der Waals surface area contributed by atoms with Crippen molar-refractivity contribution in [2.45, 2.75) is 31.7 Å². The van der Waals surface area contributed by atoms with Crippen LogP contribution in [0.4, 0.5) is 4.39 Å². The minimum absolute atomic E-state index is 0.0297. The lowest BCUT2D eigenvalue weighted by atomic mass is 10.00. The normalized spacial score (nSPS) is 19.6. The van der Waals surface area contributed by atoms with E-state index < -0.39 is 22.0 Å². The van der Waals surface area contributed by atoms with Crippen LogP contribution < -0.4 is 0 Å². The van der Waals surface area contributed by atoms with E-state index in [1.165, 1.54) is 17.0 Å². The Bertz CT molecular complexity index is 1130. The third kappa shape index (κ3) is 3.67. The van der Waals surface area contributed by atoms with Crippen LogP contribution in [0.25, 0.3) is 0 Å². The highest BCUT2D eigenvalue weighted by Gasteiger charge is 2.42. The SMILES string of the molecule is Cc1ccc(F)cc1.Cc1cccc2c1S(=O)(=O)N=C2C1=C(O)[C@H](C)N(C)C1=O. The van der Waals surface area contributed by atoms with Crippen LogP contribution in [0.5, 0.6) is 0 Å². The maximum atomic E-state index is 12.3. The molecule has 29 heavy (non-hydrogen) atoms. The molecule has 0 radical (unpaired) electrons. The second kappa shape index (κ2) is 7.44. The van der Waals surface area contributed by atoms with Gasteiger partial charge in [-0.25, -0.2) is 4.39 Å². The van der Waals surface area contributed by atoms with Gasteiger partial charge in [-0.15, -0.1) is 0 Å². The van der Waals surface area contributed by atoms with Crippen molar-refractivity contribution in [1.29, 1.82) is 0 Å². The topological polar surface area (TPSA) is 87.0 Å². The number of aryl methyl sites for hydroxylation is 2. The minimum atomic E-state index is -3.83. The molecule has 0 aliphatic carbocycles. The molecule has 1 atom stereocenters. The Morgan fingerprint density at radius 1 is 1.10 bits per heavy atom. The minimum Gasteiger partial charge on any atom is -0.509 e. The van der Waals surface area contributed by atoms with Crippen LogP contribution in [-0.2, 0) is 14.8 Å². The molecular weight excluding hydrogens is 395 g/mol. The van der Waals surface area contributed by atoms with Gasteiger partial charge in [0.25, 0.3) is 15.9 Å². The smallest absolute Gasteiger partial charge is 0.283 e. The summed E-state index contributed by atoms with van der Waals surface area (Å²) < 4.78 is 40.2. The number of carbonyl (C=O) groups is 1. The molecule has 0 fully saturated rings. The number of sulfonamides is 1. The molecule has 0 bridgehead atoms. The molecule has 8 heteroatoms. The summed E-state index contributed by atoms with van der Waals surface area (Å²) in [6.07, 6.45) is 0. The Balaban J connectivity index is 0.000000252. The van der Waals surface area contributed by atoms with Crippen LogP contribution in [0, 0.1) is 19.7 Å². The van der Waals surface area contributed by atoms with Crippen LogP contribution in [0.2, 0.25) is 0 Å². The molecule has 152 valence electrons. The van der Waals surface area contributed by atoms with E-state index in [9.17, 15) is 22.7 Å². The zero-order chi connectivity index (χ0) is 21.5. The van der Waals surface area contributed by atoms with Crippen LogP contribution >= 0.6 is 0 Å². The summed E-state index contributed by atoms with van der Waals surface area (Å²) in [6.45, 7) is 5.27. The Morgan fingerprint density at radius 2 is 1.72 bits per heavy atom. The molecule has 2 aromatic rings. The summed E-state index contributed by atoms with van der Waals surface area (Å²) >= 11 is 0. The number of fused-ring (bicyclic) bond motifs is 1. The maximum Gasteiger partial charge on any atom is 0.283 e. The van der Waals surface area contributed by atoms with Crippen molar-refractivity contribution in [2.75, 3.05) is 7.05 Å². The molecule has 0 saturated carbocycles. The van der Waals surface area contributed by atoms with Gasteiger partial charge >= 0.3 is 0 Å². The molecule has 0 spiro atoms. The number of carbonyl (C=O) groups excluding carboxylic acids is 1. The van der Waals surface area contributed by atoms with Crippen LogP contribution in [0.1, 0.15) is 23.6 Å². The van der Waals surface area contributed by atoms with Gasteiger partial charge in [-0.3, -0.25) is 4.79 Å². The highest BCUT2D eigenvalue weighted by molar-refractivity contribution is 7.90. The van der Waals surface area contributed by atoms with Gasteiger partial charge in [0.1, 0.15) is 27.8 Å². The lowest BCUT2D eigenvalue weighted by Gasteiger charge is -2.14. The molecule has 1 amide bonds. The molecule has 0 saturated heterocycles. The number of amides is 1. The third-order valence-electron chi connectivity index (χ3n) is 4.95. The molecule has 2 aromatic carbocycles. The summed E-state index contributed by atoms with van der Waals surface area (Å²) in [5, 5.41) is 10.2. The first-order valence-corrected chi connectivity index (χ1v) is 10.4. The molecular formula is C21H21FN2O4S. The molecule has 2 aliphatic rings. The van der Waals surface area contributed by atoms with E-state index in [0.717, 1.165) is 5.56 Å². The second-order valence-corrected chi connectivity index (χ2v) is 8.56. The standard InChI is InChI=1S/C14H14N2O4S.C7H7F/c1-7-5-4-6-9-11(15-21(19,20)13(7)9)10-12(17)8(2)16(3)14(10)18;1-6-2-4-7(8)5-3-6/h4-6,8,17H,1-3H3;2-5H,1H3/t8-;/m0./s1. The van der Waals surface area contributed by atoms with Crippen molar-refractivity contribution in [3.05, 3.63) is 76.3 Å². The summed E-state index contributed by atoms with van der Waals surface area (Å²) in [4.78, 5) is 13.7. The zero-order valence-electron chi connectivity index (χ0n) is 16.5. The lowest BCUT2D eigenvalue weighted by Crippen LogP contribution is -2.30. The molecule has 0 aromatic heterocycles. The third-order valence-corrected chi connectivity index (χ3v) is 6.43. The average molecular weight is 416 g/mol. The lowest BCUT2D eigenvalue weighted by molar-refractivity contribution is -0.125. The second-order valence-electron chi connectivity index (χ2n) is 7.01. The number of aliphatic hydroxyl groups is 1. The number of hydrogen-bond donors (Lipinski definition) is 1. The van der Waals surface area contributed by atoms with E-state index in [2.05, 4.69) is 4.40 Å². The number of hydrogen-bond acceptors (Lipinski definition) is 4. The quantitative estimate of drug-likeness (QED) is 0.773. The Hall–Kier alpha value is -3.00. The summed E-state index contributed by atoms with van der Waals surface area (Å²) in [7, 11) is -2.28. The first-order chi connectivity index (χ1) is 13.5. The number of likely N-dealkylation sites (N-methyl/N-ethyl adjacent to an activating group) is 1. The molecule has 2 aliphatic heterocycles. The van der Waals surface area contributed by atoms with Gasteiger partial charge in [0.2, 0.25) is 0 Å². The summed E-state index contributed by atoms with van der Waals surface area (Å²) in [6, 6.07) is 10.9. The molecule has 2 heterocycles. The van der Waals surface area contributed by atoms with E-state index in [1.807, 2.05) is 6.92 Å². The molecule has 0 unspecified atom stereocenters. The maximum absolute atomic E-state index is 12.3. The number of benzene rings is 2. The van der Waals surface area contributed by atoms with E-state index >= 15 is 0 Å². The van der Waals surface area contributed by atoms with Crippen molar-refractivity contribution >= 4 is 21.6 Å². The zero-order valence-corrected chi connectivity index (χ0v) is 17.3. The Morgan fingerprint density at radius 3 is 2.24 bits per heavy atom. The molecule has 6 nitrogen and oxygen atoms in total. The van der Waals surface area contributed by atoms with Crippen molar-refractivity contribution in [2.24, 2.45) is 4.40 Å². The predicted molar refractivity (Wildman–Crippen MR) is 108 cm³/mol. The Kier molecular flexibility index (Phi) is 5.32. The summed E-state index contributed by atoms with van der Waals surface area (Å²) in [5.74, 6) is -0.746. The number of nitrogens with zero attached hydrogens (tertiary/aromatic N) is 2.